The Balaban J connectivity index is 1.79. The maximum atomic E-state index is 12.2. The third-order valence-corrected chi connectivity index (χ3v) is 3.65. The lowest BCUT2D eigenvalue weighted by Gasteiger charge is -2.11. The Morgan fingerprint density at radius 3 is 2.67 bits per heavy atom. The van der Waals surface area contributed by atoms with Crippen molar-refractivity contribution in [2.45, 2.75) is 31.8 Å². The number of benzene rings is 1. The van der Waals surface area contributed by atoms with Crippen LogP contribution in [-0.4, -0.2) is 30.3 Å². The summed E-state index contributed by atoms with van der Waals surface area (Å²) in [5.41, 5.74) is 1.49. The summed E-state index contributed by atoms with van der Waals surface area (Å²) < 4.78 is 5.46. The lowest BCUT2D eigenvalue weighted by Crippen LogP contribution is -2.16. The number of nitrogens with one attached hydrogen (secondary N) is 2. The number of carbonyl (C=O) groups is 3. The van der Waals surface area contributed by atoms with Crippen molar-refractivity contribution < 1.29 is 19.1 Å². The molecule has 0 aliphatic carbocycles. The highest BCUT2D eigenvalue weighted by Gasteiger charge is 2.22. The van der Waals surface area contributed by atoms with Crippen LogP contribution in [0.25, 0.3) is 0 Å². The Hall–Kier alpha value is -2.21. The number of amides is 2. The highest BCUT2D eigenvalue weighted by molar-refractivity contribution is 6.14. The lowest BCUT2D eigenvalue weighted by molar-refractivity contribution is -0.123. The molecule has 1 fully saturated rings. The maximum Gasteiger partial charge on any atom is 0.233 e. The molecule has 2 aliphatic heterocycles. The number of rotatable bonds is 3. The molecule has 1 atom stereocenters. The molecule has 0 spiro atoms. The first-order chi connectivity index (χ1) is 10.1. The molecule has 3 rings (SSSR count). The van der Waals surface area contributed by atoms with Gasteiger partial charge in [0.25, 0.3) is 0 Å². The second-order valence-corrected chi connectivity index (χ2v) is 5.30. The fraction of sp³-hybridized carbons (Fsp3) is 0.400. The summed E-state index contributed by atoms with van der Waals surface area (Å²) in [6, 6.07) is 4.91. The van der Waals surface area contributed by atoms with Crippen LogP contribution in [0.2, 0.25) is 0 Å². The van der Waals surface area contributed by atoms with Crippen LogP contribution in [0.1, 0.15) is 36.0 Å². The zero-order valence-electron chi connectivity index (χ0n) is 11.5. The van der Waals surface area contributed by atoms with Crippen molar-refractivity contribution in [2.24, 2.45) is 0 Å². The molecule has 2 N–H and O–H groups in total. The van der Waals surface area contributed by atoms with Gasteiger partial charge >= 0.3 is 0 Å². The summed E-state index contributed by atoms with van der Waals surface area (Å²) in [5.74, 6) is -0.755. The monoisotopic (exact) mass is 288 g/mol. The average molecular weight is 288 g/mol. The zero-order valence-corrected chi connectivity index (χ0v) is 11.5. The minimum atomic E-state index is -0.380. The van der Waals surface area contributed by atoms with E-state index in [4.69, 9.17) is 4.74 Å². The first-order valence-corrected chi connectivity index (χ1v) is 7.00. The molecule has 2 heterocycles. The van der Waals surface area contributed by atoms with Crippen molar-refractivity contribution in [3.63, 3.8) is 0 Å². The number of Topliss-reactive ketones (excluding diaryl/α,β-unsaturated/α-hetero) is 1. The molecule has 1 aromatic carbocycles. The van der Waals surface area contributed by atoms with Crippen molar-refractivity contribution in [1.29, 1.82) is 0 Å². The van der Waals surface area contributed by atoms with Crippen molar-refractivity contribution in [2.75, 3.05) is 17.2 Å². The predicted molar refractivity (Wildman–Crippen MR) is 76.2 cm³/mol. The van der Waals surface area contributed by atoms with E-state index in [1.807, 2.05) is 0 Å². The van der Waals surface area contributed by atoms with E-state index in [0.29, 0.717) is 30.0 Å². The van der Waals surface area contributed by atoms with E-state index in [1.165, 1.54) is 0 Å². The lowest BCUT2D eigenvalue weighted by atomic mass is 10.0. The van der Waals surface area contributed by atoms with Gasteiger partial charge in [-0.25, -0.2) is 0 Å². The van der Waals surface area contributed by atoms with Crippen LogP contribution in [0.5, 0.6) is 0 Å². The second-order valence-electron chi connectivity index (χ2n) is 5.30. The van der Waals surface area contributed by atoms with Crippen LogP contribution >= 0.6 is 0 Å². The predicted octanol–water partition coefficient (Wildman–Crippen LogP) is 1.72. The Bertz CT molecular complexity index is 606. The van der Waals surface area contributed by atoms with Gasteiger partial charge in [0.05, 0.1) is 17.5 Å². The van der Waals surface area contributed by atoms with Crippen LogP contribution in [0.4, 0.5) is 11.4 Å². The summed E-state index contributed by atoms with van der Waals surface area (Å²) >= 11 is 0. The highest BCUT2D eigenvalue weighted by atomic mass is 16.5. The number of hydrogen-bond donors (Lipinski definition) is 2. The fourth-order valence-corrected chi connectivity index (χ4v) is 2.59. The van der Waals surface area contributed by atoms with Gasteiger partial charge in [-0.1, -0.05) is 0 Å². The number of carbonyl (C=O) groups excluding carboxylic acids is 3. The summed E-state index contributed by atoms with van der Waals surface area (Å²) in [7, 11) is 0. The van der Waals surface area contributed by atoms with E-state index in [9.17, 15) is 14.4 Å². The Labute approximate surface area is 121 Å². The molecule has 2 amide bonds. The molecule has 0 radical (unpaired) electrons. The number of anilines is 2. The summed E-state index contributed by atoms with van der Waals surface area (Å²) in [6.45, 7) is 0.713. The van der Waals surface area contributed by atoms with Crippen molar-refractivity contribution in [3.05, 3.63) is 23.8 Å². The molecule has 2 aliphatic rings. The molecule has 0 bridgehead atoms. The second kappa shape index (κ2) is 5.65. The Kier molecular flexibility index (Phi) is 3.70. The minimum absolute atomic E-state index is 0.00870. The molecule has 0 saturated carbocycles. The standard InChI is InChI=1S/C15H16N2O4/c18-13(7-10-2-1-5-21-10)9-3-4-11-12(6-9)17-15(20)8-14(19)16-11/h3-4,6,10H,1-2,5,7-8H2,(H,16,19)(H,17,20). The third-order valence-electron chi connectivity index (χ3n) is 3.65. The molecule has 1 saturated heterocycles. The molecule has 110 valence electrons. The van der Waals surface area contributed by atoms with Crippen LogP contribution in [0, 0.1) is 0 Å². The van der Waals surface area contributed by atoms with E-state index < -0.39 is 0 Å². The Morgan fingerprint density at radius 1 is 1.19 bits per heavy atom. The number of fused-ring (bicyclic) bond motifs is 1. The van der Waals surface area contributed by atoms with E-state index in [1.54, 1.807) is 18.2 Å². The van der Waals surface area contributed by atoms with E-state index in [0.717, 1.165) is 12.8 Å². The van der Waals surface area contributed by atoms with Crippen LogP contribution < -0.4 is 10.6 Å². The maximum absolute atomic E-state index is 12.2. The zero-order chi connectivity index (χ0) is 14.8. The molecule has 0 aromatic heterocycles. The largest absolute Gasteiger partial charge is 0.378 e. The van der Waals surface area contributed by atoms with Gasteiger partial charge in [0.2, 0.25) is 11.8 Å². The number of ketones is 1. The average Bonchev–Trinajstić information content (AvgIpc) is 2.87. The van der Waals surface area contributed by atoms with Gasteiger partial charge in [-0.2, -0.15) is 0 Å². The Morgan fingerprint density at radius 2 is 1.95 bits per heavy atom. The van der Waals surface area contributed by atoms with E-state index >= 15 is 0 Å². The van der Waals surface area contributed by atoms with Crippen LogP contribution in [-0.2, 0) is 14.3 Å². The quantitative estimate of drug-likeness (QED) is 0.655. The molecule has 1 unspecified atom stereocenters. The summed E-state index contributed by atoms with van der Waals surface area (Å²) in [4.78, 5) is 35.2. The highest BCUT2D eigenvalue weighted by Crippen LogP contribution is 2.27. The summed E-state index contributed by atoms with van der Waals surface area (Å²) in [5, 5.41) is 5.27. The molecule has 6 nitrogen and oxygen atoms in total. The normalized spacial score (nSPS) is 21.2. The number of ether oxygens (including phenoxy) is 1. The summed E-state index contributed by atoms with van der Waals surface area (Å²) in [6.07, 6.45) is 2.02. The van der Waals surface area contributed by atoms with Crippen LogP contribution in [0.15, 0.2) is 18.2 Å². The van der Waals surface area contributed by atoms with Gasteiger partial charge in [0.15, 0.2) is 5.78 Å². The third kappa shape index (κ3) is 3.11. The molecular formula is C15H16N2O4. The van der Waals surface area contributed by atoms with Crippen LogP contribution in [0.3, 0.4) is 0 Å². The van der Waals surface area contributed by atoms with E-state index in [-0.39, 0.29) is 30.1 Å². The SMILES string of the molecule is O=C1CC(=O)Nc2cc(C(=O)CC3CCCO3)ccc2N1. The fourth-order valence-electron chi connectivity index (χ4n) is 2.59. The van der Waals surface area contributed by atoms with Crippen molar-refractivity contribution in [3.8, 4) is 0 Å². The number of hydrogen-bond acceptors (Lipinski definition) is 4. The molecule has 21 heavy (non-hydrogen) atoms. The van der Waals surface area contributed by atoms with Crippen molar-refractivity contribution >= 4 is 29.0 Å². The first-order valence-electron chi connectivity index (χ1n) is 7.00. The molecular weight excluding hydrogens is 272 g/mol. The smallest absolute Gasteiger partial charge is 0.233 e. The minimum Gasteiger partial charge on any atom is -0.378 e. The first kappa shape index (κ1) is 13.8. The van der Waals surface area contributed by atoms with Gasteiger partial charge in [0.1, 0.15) is 6.42 Å². The van der Waals surface area contributed by atoms with Gasteiger partial charge in [0, 0.05) is 18.6 Å². The molecule has 1 aromatic rings. The van der Waals surface area contributed by atoms with Gasteiger partial charge in [-0.15, -0.1) is 0 Å². The molecule has 6 heteroatoms. The van der Waals surface area contributed by atoms with E-state index in [2.05, 4.69) is 10.6 Å². The van der Waals surface area contributed by atoms with Gasteiger partial charge in [-0.3, -0.25) is 14.4 Å². The van der Waals surface area contributed by atoms with Gasteiger partial charge in [-0.05, 0) is 31.0 Å². The van der Waals surface area contributed by atoms with Gasteiger partial charge < -0.3 is 15.4 Å². The van der Waals surface area contributed by atoms with Crippen molar-refractivity contribution in [1.82, 2.24) is 0 Å². The topological polar surface area (TPSA) is 84.5 Å².